The van der Waals surface area contributed by atoms with E-state index < -0.39 is 0 Å². The molecule has 220 valence electrons. The average Bonchev–Trinajstić information content (AvgIpc) is 3.44. The predicted octanol–water partition coefficient (Wildman–Crippen LogP) is 11.0. The van der Waals surface area contributed by atoms with Gasteiger partial charge in [-0.3, -0.25) is 9.97 Å². The van der Waals surface area contributed by atoms with Gasteiger partial charge in [0.05, 0.1) is 22.9 Å². The third kappa shape index (κ3) is 4.81. The van der Waals surface area contributed by atoms with Crippen LogP contribution in [0.2, 0.25) is 0 Å². The Morgan fingerprint density at radius 1 is 0.522 bits per heavy atom. The van der Waals surface area contributed by atoms with Crippen molar-refractivity contribution in [1.82, 2.24) is 14.5 Å². The van der Waals surface area contributed by atoms with Gasteiger partial charge in [0.1, 0.15) is 0 Å². The first-order chi connectivity index (χ1) is 22.7. The molecule has 2 heterocycles. The molecule has 8 rings (SSSR count). The second-order valence-corrected chi connectivity index (χ2v) is 11.7. The smallest absolute Gasteiger partial charge is 0.0885 e. The third-order valence-electron chi connectivity index (χ3n) is 8.75. The third-order valence-corrected chi connectivity index (χ3v) is 8.75. The van der Waals surface area contributed by atoms with Gasteiger partial charge in [0.2, 0.25) is 0 Å². The van der Waals surface area contributed by atoms with Crippen LogP contribution in [0.15, 0.2) is 158 Å². The van der Waals surface area contributed by atoms with Crippen molar-refractivity contribution in [3.8, 4) is 28.1 Å². The van der Waals surface area contributed by atoms with Gasteiger partial charge in [-0.05, 0) is 96.8 Å². The zero-order valence-corrected chi connectivity index (χ0v) is 25.8. The fourth-order valence-electron chi connectivity index (χ4n) is 6.76. The van der Waals surface area contributed by atoms with E-state index in [2.05, 4.69) is 173 Å². The number of aryl methyl sites for hydroxylation is 2. The lowest BCUT2D eigenvalue weighted by molar-refractivity contribution is 1.16. The first kappa shape index (κ1) is 27.5. The van der Waals surface area contributed by atoms with E-state index in [0.717, 1.165) is 34.0 Å². The molecule has 2 aromatic heterocycles. The van der Waals surface area contributed by atoms with Crippen molar-refractivity contribution in [2.75, 3.05) is 4.90 Å². The SMILES string of the molecule is Cc1cc(-n2c3ccccc3c3cc(N(c4ccccc4)c4ccccc4)ccc32)cc(C)c1-c1ccc(-c2cnccn2)cc1. The fraction of sp³-hybridized carbons (Fsp3) is 0.0476. The Morgan fingerprint density at radius 3 is 1.78 bits per heavy atom. The van der Waals surface area contributed by atoms with E-state index in [1.54, 1.807) is 18.6 Å². The highest BCUT2D eigenvalue weighted by atomic mass is 15.1. The van der Waals surface area contributed by atoms with Gasteiger partial charge in [0.25, 0.3) is 0 Å². The minimum absolute atomic E-state index is 0.878. The number of nitrogens with zero attached hydrogens (tertiary/aromatic N) is 4. The molecule has 0 saturated carbocycles. The minimum atomic E-state index is 0.878. The molecule has 4 heteroatoms. The van der Waals surface area contributed by atoms with Gasteiger partial charge in [-0.2, -0.15) is 0 Å². The first-order valence-corrected chi connectivity index (χ1v) is 15.6. The molecule has 0 aliphatic carbocycles. The Balaban J connectivity index is 1.25. The molecule has 0 saturated heterocycles. The van der Waals surface area contributed by atoms with Crippen LogP contribution in [0.1, 0.15) is 11.1 Å². The van der Waals surface area contributed by atoms with Crippen LogP contribution in [0.3, 0.4) is 0 Å². The molecule has 0 aliphatic rings. The largest absolute Gasteiger partial charge is 0.310 e. The lowest BCUT2D eigenvalue weighted by Crippen LogP contribution is -2.09. The van der Waals surface area contributed by atoms with Crippen molar-refractivity contribution >= 4 is 38.9 Å². The summed E-state index contributed by atoms with van der Waals surface area (Å²) < 4.78 is 2.41. The van der Waals surface area contributed by atoms with Gasteiger partial charge in [0.15, 0.2) is 0 Å². The van der Waals surface area contributed by atoms with Crippen LogP contribution in [-0.4, -0.2) is 14.5 Å². The van der Waals surface area contributed by atoms with Crippen LogP contribution < -0.4 is 4.90 Å². The number of aromatic nitrogens is 3. The Kier molecular flexibility index (Phi) is 6.88. The molecule has 0 amide bonds. The summed E-state index contributed by atoms with van der Waals surface area (Å²) in [7, 11) is 0. The maximum atomic E-state index is 4.45. The van der Waals surface area contributed by atoms with E-state index in [4.69, 9.17) is 0 Å². The van der Waals surface area contributed by atoms with Gasteiger partial charge in [0, 0.05) is 51.5 Å². The van der Waals surface area contributed by atoms with E-state index in [0.29, 0.717) is 0 Å². The average molecular weight is 593 g/mol. The van der Waals surface area contributed by atoms with E-state index in [1.165, 1.54) is 44.1 Å². The fourth-order valence-corrected chi connectivity index (χ4v) is 6.76. The van der Waals surface area contributed by atoms with Crippen molar-refractivity contribution in [3.05, 3.63) is 169 Å². The molecule has 0 spiro atoms. The molecule has 46 heavy (non-hydrogen) atoms. The van der Waals surface area contributed by atoms with Gasteiger partial charge in [-0.1, -0.05) is 78.9 Å². The topological polar surface area (TPSA) is 34.0 Å². The molecule has 0 N–H and O–H groups in total. The van der Waals surface area contributed by atoms with Crippen molar-refractivity contribution < 1.29 is 0 Å². The molecule has 8 aromatic rings. The van der Waals surface area contributed by atoms with Gasteiger partial charge in [-0.15, -0.1) is 0 Å². The number of para-hydroxylation sites is 3. The zero-order chi connectivity index (χ0) is 31.0. The van der Waals surface area contributed by atoms with Gasteiger partial charge < -0.3 is 9.47 Å². The van der Waals surface area contributed by atoms with Crippen molar-refractivity contribution in [1.29, 1.82) is 0 Å². The summed E-state index contributed by atoms with van der Waals surface area (Å²) in [6.07, 6.45) is 5.23. The normalized spacial score (nSPS) is 11.3. The molecule has 0 bridgehead atoms. The maximum absolute atomic E-state index is 4.45. The predicted molar refractivity (Wildman–Crippen MR) is 191 cm³/mol. The summed E-state index contributed by atoms with van der Waals surface area (Å²) >= 11 is 0. The number of hydrogen-bond donors (Lipinski definition) is 0. The molecule has 0 radical (unpaired) electrons. The van der Waals surface area contributed by atoms with Crippen LogP contribution in [0, 0.1) is 13.8 Å². The van der Waals surface area contributed by atoms with E-state index in [1.807, 2.05) is 0 Å². The summed E-state index contributed by atoms with van der Waals surface area (Å²) in [6, 6.07) is 50.0. The highest BCUT2D eigenvalue weighted by molar-refractivity contribution is 6.10. The Bertz CT molecular complexity index is 2240. The Morgan fingerprint density at radius 2 is 1.13 bits per heavy atom. The second-order valence-electron chi connectivity index (χ2n) is 11.7. The minimum Gasteiger partial charge on any atom is -0.310 e. The van der Waals surface area contributed by atoms with E-state index in [9.17, 15) is 0 Å². The zero-order valence-electron chi connectivity index (χ0n) is 25.8. The molecule has 0 fully saturated rings. The molecule has 0 aliphatic heterocycles. The summed E-state index contributed by atoms with van der Waals surface area (Å²) in [5.74, 6) is 0. The molecule has 0 unspecified atom stereocenters. The monoisotopic (exact) mass is 592 g/mol. The number of rotatable bonds is 6. The van der Waals surface area contributed by atoms with Crippen LogP contribution in [0.25, 0.3) is 49.9 Å². The Labute approximate surface area is 268 Å². The highest BCUT2D eigenvalue weighted by Gasteiger charge is 2.18. The van der Waals surface area contributed by atoms with Crippen molar-refractivity contribution in [2.24, 2.45) is 0 Å². The van der Waals surface area contributed by atoms with E-state index in [-0.39, 0.29) is 0 Å². The quantitative estimate of drug-likeness (QED) is 0.193. The summed E-state index contributed by atoms with van der Waals surface area (Å²) in [5.41, 5.74) is 13.8. The molecular formula is C42H32N4. The standard InChI is InChI=1S/C42H32N4/c1-29-25-36(26-30(2)42(29)32-19-17-31(18-20-32)39-28-43-23-24-44-39)46-40-16-10-9-15-37(40)38-27-35(21-22-41(38)46)45(33-11-5-3-6-12-33)34-13-7-4-8-14-34/h3-28H,1-2H3. The molecular weight excluding hydrogens is 560 g/mol. The molecule has 6 aromatic carbocycles. The lowest BCUT2D eigenvalue weighted by atomic mass is 9.94. The highest BCUT2D eigenvalue weighted by Crippen LogP contribution is 2.40. The van der Waals surface area contributed by atoms with Crippen molar-refractivity contribution in [3.63, 3.8) is 0 Å². The summed E-state index contributed by atoms with van der Waals surface area (Å²) in [5, 5.41) is 2.46. The maximum Gasteiger partial charge on any atom is 0.0885 e. The molecule has 0 atom stereocenters. The number of hydrogen-bond acceptors (Lipinski definition) is 3. The molecule has 4 nitrogen and oxygen atoms in total. The van der Waals surface area contributed by atoms with Crippen molar-refractivity contribution in [2.45, 2.75) is 13.8 Å². The van der Waals surface area contributed by atoms with Crippen LogP contribution >= 0.6 is 0 Å². The summed E-state index contributed by atoms with van der Waals surface area (Å²) in [4.78, 5) is 11.0. The lowest BCUT2D eigenvalue weighted by Gasteiger charge is -2.25. The van der Waals surface area contributed by atoms with Gasteiger partial charge >= 0.3 is 0 Å². The summed E-state index contributed by atoms with van der Waals surface area (Å²) in [6.45, 7) is 4.43. The van der Waals surface area contributed by atoms with Gasteiger partial charge in [-0.25, -0.2) is 0 Å². The van der Waals surface area contributed by atoms with Crippen LogP contribution in [0.5, 0.6) is 0 Å². The number of anilines is 3. The van der Waals surface area contributed by atoms with E-state index >= 15 is 0 Å². The Hall–Kier alpha value is -6.00. The van der Waals surface area contributed by atoms with Crippen LogP contribution in [-0.2, 0) is 0 Å². The van der Waals surface area contributed by atoms with Crippen LogP contribution in [0.4, 0.5) is 17.1 Å². The number of benzene rings is 6. The number of fused-ring (bicyclic) bond motifs is 3. The second kappa shape index (κ2) is 11.5. The first-order valence-electron chi connectivity index (χ1n) is 15.6.